The van der Waals surface area contributed by atoms with E-state index in [1.54, 1.807) is 0 Å². The van der Waals surface area contributed by atoms with Gasteiger partial charge in [0.05, 0.1) is 12.7 Å². The summed E-state index contributed by atoms with van der Waals surface area (Å²) in [6.07, 6.45) is 3.61. The van der Waals surface area contributed by atoms with Crippen LogP contribution in [0, 0.1) is 4.77 Å². The van der Waals surface area contributed by atoms with E-state index in [0.29, 0.717) is 12.0 Å². The van der Waals surface area contributed by atoms with E-state index >= 15 is 0 Å². The van der Waals surface area contributed by atoms with E-state index < -0.39 is 0 Å². The van der Waals surface area contributed by atoms with Crippen LogP contribution in [0.5, 0.6) is 0 Å². The highest BCUT2D eigenvalue weighted by atomic mass is 32.1. The number of nitrogens with zero attached hydrogens (tertiary/aromatic N) is 4. The van der Waals surface area contributed by atoms with E-state index in [1.165, 1.54) is 28.2 Å². The summed E-state index contributed by atoms with van der Waals surface area (Å²) in [5.41, 5.74) is 1.46. The summed E-state index contributed by atoms with van der Waals surface area (Å²) >= 11 is 9.40. The Kier molecular flexibility index (Phi) is 3.93. The van der Waals surface area contributed by atoms with Crippen LogP contribution in [0.25, 0.3) is 0 Å². The highest BCUT2D eigenvalue weighted by Gasteiger charge is 2.32. The highest BCUT2D eigenvalue weighted by molar-refractivity contribution is 7.71. The van der Waals surface area contributed by atoms with Crippen molar-refractivity contribution in [2.24, 2.45) is 7.05 Å². The van der Waals surface area contributed by atoms with Crippen molar-refractivity contribution in [3.05, 3.63) is 54.9 Å². The molecule has 3 aromatic rings. The van der Waals surface area contributed by atoms with Crippen LogP contribution in [0.1, 0.15) is 45.9 Å². The predicted octanol–water partition coefficient (Wildman–Crippen LogP) is 4.56. The molecule has 0 radical (unpaired) electrons. The van der Waals surface area contributed by atoms with Crippen molar-refractivity contribution in [1.29, 1.82) is 0 Å². The number of aromatic nitrogens is 3. The third kappa shape index (κ3) is 2.73. The van der Waals surface area contributed by atoms with Gasteiger partial charge in [-0.1, -0.05) is 6.07 Å². The first-order valence-corrected chi connectivity index (χ1v) is 10.9. The van der Waals surface area contributed by atoms with Crippen molar-refractivity contribution in [2.75, 3.05) is 6.54 Å². The maximum Gasteiger partial charge on any atom is 0.198 e. The normalized spacial score (nSPS) is 20.8. The van der Waals surface area contributed by atoms with Gasteiger partial charge in [0.1, 0.15) is 5.82 Å². The fraction of sp³-hybridized carbons (Fsp3) is 0.444. The summed E-state index contributed by atoms with van der Waals surface area (Å²) < 4.78 is 4.97. The minimum atomic E-state index is 0.322. The summed E-state index contributed by atoms with van der Waals surface area (Å²) in [4.78, 5) is 5.46. The molecule has 7 heteroatoms. The summed E-state index contributed by atoms with van der Waals surface area (Å²) in [5, 5.41) is 9.27. The Labute approximate surface area is 160 Å². The molecule has 0 spiro atoms. The maximum absolute atomic E-state index is 5.67. The molecular weight excluding hydrogens is 368 g/mol. The van der Waals surface area contributed by atoms with Gasteiger partial charge in [-0.15, -0.1) is 22.7 Å². The van der Waals surface area contributed by atoms with Gasteiger partial charge in [0.15, 0.2) is 4.77 Å². The number of rotatable bonds is 4. The first-order chi connectivity index (χ1) is 12.2. The van der Waals surface area contributed by atoms with Gasteiger partial charge in [0.2, 0.25) is 0 Å². The van der Waals surface area contributed by atoms with Crippen molar-refractivity contribution in [3.8, 4) is 0 Å². The topological polar surface area (TPSA) is 26.0 Å². The first kappa shape index (κ1) is 15.9. The molecule has 0 N–H and O–H groups in total. The van der Waals surface area contributed by atoms with Crippen LogP contribution in [-0.4, -0.2) is 25.8 Å². The van der Waals surface area contributed by atoms with Gasteiger partial charge in [-0.2, -0.15) is 5.10 Å². The molecule has 0 saturated heterocycles. The molecule has 1 fully saturated rings. The monoisotopic (exact) mass is 388 g/mol. The molecule has 0 unspecified atom stereocenters. The highest BCUT2D eigenvalue weighted by Crippen LogP contribution is 2.41. The lowest BCUT2D eigenvalue weighted by molar-refractivity contribution is 0.158. The fourth-order valence-corrected chi connectivity index (χ4v) is 5.74. The summed E-state index contributed by atoms with van der Waals surface area (Å²) in [5.74, 6) is 1.77. The van der Waals surface area contributed by atoms with Crippen molar-refractivity contribution >= 4 is 34.9 Å². The molecule has 130 valence electrons. The third-order valence-corrected chi connectivity index (χ3v) is 7.62. The molecule has 1 aliphatic carbocycles. The Hall–Kier alpha value is -1.28. The summed E-state index contributed by atoms with van der Waals surface area (Å²) in [6, 6.07) is 7.02. The molecule has 2 aliphatic rings. The van der Waals surface area contributed by atoms with E-state index in [9.17, 15) is 0 Å². The quantitative estimate of drug-likeness (QED) is 0.613. The lowest BCUT2D eigenvalue weighted by Gasteiger charge is -2.35. The van der Waals surface area contributed by atoms with Gasteiger partial charge in [-0.25, -0.2) is 4.68 Å². The van der Waals surface area contributed by atoms with E-state index in [4.69, 9.17) is 17.3 Å². The van der Waals surface area contributed by atoms with Crippen LogP contribution < -0.4 is 0 Å². The maximum atomic E-state index is 5.67. The van der Waals surface area contributed by atoms with Gasteiger partial charge in [-0.3, -0.25) is 4.90 Å². The van der Waals surface area contributed by atoms with E-state index in [0.717, 1.165) is 30.2 Å². The Morgan fingerprint density at radius 2 is 2.12 bits per heavy atom. The van der Waals surface area contributed by atoms with Gasteiger partial charge >= 0.3 is 0 Å². The zero-order valence-electron chi connectivity index (χ0n) is 14.1. The number of thiophene rings is 2. The van der Waals surface area contributed by atoms with E-state index in [-0.39, 0.29) is 0 Å². The molecule has 1 atom stereocenters. The SMILES string of the molecule is Cn1c(C2CC2)nn(CN2CCc3sccc3[C@H]2c2cccs2)c1=S. The Balaban J connectivity index is 1.51. The standard InChI is InChI=1S/C18H20N4S3/c1-20-17(12-4-5-12)19-22(18(20)23)11-21-8-6-14-13(7-10-25-14)16(21)15-3-2-9-24-15/h2-3,7,9-10,12,16H,4-6,8,11H2,1H3/t16-/m0/s1. The molecule has 5 rings (SSSR count). The molecule has 0 aromatic carbocycles. The molecule has 1 aliphatic heterocycles. The number of fused-ring (bicyclic) bond motifs is 1. The van der Waals surface area contributed by atoms with E-state index in [2.05, 4.69) is 45.5 Å². The van der Waals surface area contributed by atoms with Gasteiger partial charge in [0, 0.05) is 29.3 Å². The minimum absolute atomic E-state index is 0.322. The minimum Gasteiger partial charge on any atom is -0.307 e. The molecule has 1 saturated carbocycles. The smallest absolute Gasteiger partial charge is 0.198 e. The summed E-state index contributed by atoms with van der Waals surface area (Å²) in [6.45, 7) is 1.81. The van der Waals surface area contributed by atoms with Crippen molar-refractivity contribution < 1.29 is 0 Å². The number of hydrogen-bond acceptors (Lipinski definition) is 5. The molecule has 0 amide bonds. The van der Waals surface area contributed by atoms with Crippen LogP contribution in [-0.2, 0) is 20.1 Å². The third-order valence-electron chi connectivity index (χ3n) is 5.21. The zero-order chi connectivity index (χ0) is 17.0. The molecule has 25 heavy (non-hydrogen) atoms. The first-order valence-electron chi connectivity index (χ1n) is 8.70. The van der Waals surface area contributed by atoms with Crippen LogP contribution in [0.4, 0.5) is 0 Å². The summed E-state index contributed by atoms with van der Waals surface area (Å²) in [7, 11) is 2.06. The van der Waals surface area contributed by atoms with Crippen LogP contribution in [0.3, 0.4) is 0 Å². The Morgan fingerprint density at radius 3 is 2.88 bits per heavy atom. The molecule has 0 bridgehead atoms. The lowest BCUT2D eigenvalue weighted by atomic mass is 9.99. The van der Waals surface area contributed by atoms with Crippen LogP contribution in [0.2, 0.25) is 0 Å². The van der Waals surface area contributed by atoms with Gasteiger partial charge < -0.3 is 4.57 Å². The zero-order valence-corrected chi connectivity index (χ0v) is 16.5. The van der Waals surface area contributed by atoms with Gasteiger partial charge in [-0.05, 0) is 59.9 Å². The average molecular weight is 389 g/mol. The van der Waals surface area contributed by atoms with Crippen molar-refractivity contribution in [1.82, 2.24) is 19.2 Å². The second-order valence-electron chi connectivity index (χ2n) is 6.89. The largest absolute Gasteiger partial charge is 0.307 e. The second-order valence-corrected chi connectivity index (χ2v) is 9.24. The predicted molar refractivity (Wildman–Crippen MR) is 105 cm³/mol. The van der Waals surface area contributed by atoms with Crippen molar-refractivity contribution in [3.63, 3.8) is 0 Å². The second kappa shape index (κ2) is 6.16. The Morgan fingerprint density at radius 1 is 1.24 bits per heavy atom. The molecule has 4 nitrogen and oxygen atoms in total. The van der Waals surface area contributed by atoms with Crippen molar-refractivity contribution in [2.45, 2.75) is 37.9 Å². The number of hydrogen-bond donors (Lipinski definition) is 0. The molecular formula is C18H20N4S3. The molecule has 4 heterocycles. The van der Waals surface area contributed by atoms with E-state index in [1.807, 2.05) is 27.4 Å². The van der Waals surface area contributed by atoms with Gasteiger partial charge in [0.25, 0.3) is 0 Å². The van der Waals surface area contributed by atoms with Crippen LogP contribution >= 0.6 is 34.9 Å². The average Bonchev–Trinajstić information content (AvgIpc) is 3.02. The lowest BCUT2D eigenvalue weighted by Crippen LogP contribution is -2.36. The fourth-order valence-electron chi connectivity index (χ4n) is 3.77. The van der Waals surface area contributed by atoms with Crippen LogP contribution in [0.15, 0.2) is 29.0 Å². The molecule has 3 aromatic heterocycles. The Bertz CT molecular complexity index is 946.